The van der Waals surface area contributed by atoms with Crippen LogP contribution in [0.5, 0.6) is 0 Å². The molecule has 0 unspecified atom stereocenters. The Balaban J connectivity index is 2.01. The second-order valence-corrected chi connectivity index (χ2v) is 5.89. The van der Waals surface area contributed by atoms with E-state index in [4.69, 9.17) is 4.74 Å². The van der Waals surface area contributed by atoms with Gasteiger partial charge in [-0.25, -0.2) is 4.79 Å². The molecule has 0 bridgehead atoms. The zero-order valence-electron chi connectivity index (χ0n) is 13.7. The van der Waals surface area contributed by atoms with Gasteiger partial charge >= 0.3 is 5.97 Å². The van der Waals surface area contributed by atoms with Crippen molar-refractivity contribution >= 4 is 33.8 Å². The lowest BCUT2D eigenvalue weighted by Gasteiger charge is -2.08. The Morgan fingerprint density at radius 1 is 1.16 bits per heavy atom. The van der Waals surface area contributed by atoms with E-state index >= 15 is 0 Å². The molecule has 5 heteroatoms. The minimum atomic E-state index is -0.371. The van der Waals surface area contributed by atoms with Crippen molar-refractivity contribution in [1.29, 1.82) is 0 Å². The number of carbonyl (C=O) groups excluding carboxylic acids is 1. The van der Waals surface area contributed by atoms with Gasteiger partial charge < -0.3 is 9.72 Å². The van der Waals surface area contributed by atoms with Gasteiger partial charge in [0.05, 0.1) is 12.2 Å². The molecule has 4 rings (SSSR count). The minimum absolute atomic E-state index is 0.241. The Kier molecular flexibility index (Phi) is 3.69. The van der Waals surface area contributed by atoms with E-state index < -0.39 is 0 Å². The molecular formula is C20H16N2O3. The predicted molar refractivity (Wildman–Crippen MR) is 97.3 cm³/mol. The van der Waals surface area contributed by atoms with Gasteiger partial charge in [0.25, 0.3) is 0 Å². The fourth-order valence-corrected chi connectivity index (χ4v) is 3.51. The molecule has 1 heterocycles. The highest BCUT2D eigenvalue weighted by molar-refractivity contribution is 6.28. The maximum Gasteiger partial charge on any atom is 0.339 e. The molecule has 2 aromatic carbocycles. The standard InChI is InChI=1S/C20H16N2O3/c1-2-25-20(23)18-13-8-4-3-7-12(13)11-15(18)17-14-9-5-6-10-16(14)21-19(17)22-24/h3-10,21H,2,11H2,1H3. The number of hydrogen-bond donors (Lipinski definition) is 1. The van der Waals surface area contributed by atoms with Crippen LogP contribution in [0.25, 0.3) is 22.0 Å². The van der Waals surface area contributed by atoms with Crippen LogP contribution in [0.3, 0.4) is 0 Å². The Labute approximate surface area is 144 Å². The smallest absolute Gasteiger partial charge is 0.339 e. The third-order valence-corrected chi connectivity index (χ3v) is 4.51. The first-order valence-corrected chi connectivity index (χ1v) is 8.17. The van der Waals surface area contributed by atoms with Crippen LogP contribution in [0, 0.1) is 4.91 Å². The number of benzene rings is 2. The lowest BCUT2D eigenvalue weighted by molar-refractivity contribution is -0.136. The number of nitrogens with zero attached hydrogens (tertiary/aromatic N) is 1. The minimum Gasteiger partial charge on any atom is -0.462 e. The molecule has 0 spiro atoms. The number of rotatable bonds is 4. The number of esters is 1. The second kappa shape index (κ2) is 6.02. The molecule has 0 aliphatic heterocycles. The van der Waals surface area contributed by atoms with Gasteiger partial charge in [-0.15, -0.1) is 4.91 Å². The number of aromatic amines is 1. The van der Waals surface area contributed by atoms with Crippen molar-refractivity contribution < 1.29 is 9.53 Å². The molecule has 0 atom stereocenters. The van der Waals surface area contributed by atoms with E-state index in [0.717, 1.165) is 27.6 Å². The van der Waals surface area contributed by atoms with Crippen LogP contribution < -0.4 is 0 Å². The highest BCUT2D eigenvalue weighted by atomic mass is 16.5. The molecular weight excluding hydrogens is 316 g/mol. The number of ether oxygens (including phenoxy) is 1. The Morgan fingerprint density at radius 3 is 2.72 bits per heavy atom. The summed E-state index contributed by atoms with van der Waals surface area (Å²) in [6, 6.07) is 15.4. The monoisotopic (exact) mass is 332 g/mol. The lowest BCUT2D eigenvalue weighted by atomic mass is 9.99. The predicted octanol–water partition coefficient (Wildman–Crippen LogP) is 4.60. The van der Waals surface area contributed by atoms with Crippen molar-refractivity contribution in [2.24, 2.45) is 5.18 Å². The van der Waals surface area contributed by atoms with Crippen molar-refractivity contribution in [3.05, 3.63) is 70.1 Å². The zero-order chi connectivity index (χ0) is 17.4. The van der Waals surface area contributed by atoms with Crippen LogP contribution >= 0.6 is 0 Å². The van der Waals surface area contributed by atoms with Crippen LogP contribution in [-0.4, -0.2) is 17.6 Å². The van der Waals surface area contributed by atoms with Gasteiger partial charge in [0.1, 0.15) is 0 Å². The number of nitrogens with one attached hydrogen (secondary N) is 1. The van der Waals surface area contributed by atoms with E-state index in [1.165, 1.54) is 0 Å². The number of allylic oxidation sites excluding steroid dienone is 1. The van der Waals surface area contributed by atoms with Gasteiger partial charge in [0, 0.05) is 16.5 Å². The van der Waals surface area contributed by atoms with Crippen LogP contribution in [0.4, 0.5) is 5.82 Å². The first-order chi connectivity index (χ1) is 12.2. The van der Waals surface area contributed by atoms with E-state index in [2.05, 4.69) is 10.2 Å². The van der Waals surface area contributed by atoms with Crippen LogP contribution in [0.15, 0.2) is 53.7 Å². The third kappa shape index (κ3) is 2.36. The first kappa shape index (κ1) is 15.3. The van der Waals surface area contributed by atoms with E-state index in [1.807, 2.05) is 48.5 Å². The van der Waals surface area contributed by atoms with E-state index in [-0.39, 0.29) is 11.8 Å². The van der Waals surface area contributed by atoms with Crippen LogP contribution in [0.2, 0.25) is 0 Å². The summed E-state index contributed by atoms with van der Waals surface area (Å²) >= 11 is 0. The summed E-state index contributed by atoms with van der Waals surface area (Å²) < 4.78 is 5.28. The normalized spacial score (nSPS) is 13.2. The Hall–Kier alpha value is -3.21. The van der Waals surface area contributed by atoms with Crippen molar-refractivity contribution in [3.8, 4) is 0 Å². The summed E-state index contributed by atoms with van der Waals surface area (Å²) in [5.41, 5.74) is 4.71. The Bertz CT molecular complexity index is 1030. The van der Waals surface area contributed by atoms with Gasteiger partial charge in [-0.2, -0.15) is 0 Å². The van der Waals surface area contributed by atoms with E-state index in [1.54, 1.807) is 6.92 Å². The summed E-state index contributed by atoms with van der Waals surface area (Å²) in [6.07, 6.45) is 0.564. The summed E-state index contributed by atoms with van der Waals surface area (Å²) in [7, 11) is 0. The van der Waals surface area contributed by atoms with Gasteiger partial charge in [0.15, 0.2) is 5.82 Å². The zero-order valence-corrected chi connectivity index (χ0v) is 13.7. The van der Waals surface area contributed by atoms with Gasteiger partial charge in [-0.3, -0.25) is 0 Å². The number of H-pyrrole nitrogens is 1. The summed E-state index contributed by atoms with van der Waals surface area (Å²) in [5.74, 6) is -0.129. The maximum atomic E-state index is 12.7. The lowest BCUT2D eigenvalue weighted by Crippen LogP contribution is -2.07. The molecule has 0 radical (unpaired) electrons. The van der Waals surface area contributed by atoms with Crippen molar-refractivity contribution in [1.82, 2.24) is 4.98 Å². The first-order valence-electron chi connectivity index (χ1n) is 8.17. The second-order valence-electron chi connectivity index (χ2n) is 5.89. The molecule has 3 aromatic rings. The van der Waals surface area contributed by atoms with Crippen molar-refractivity contribution in [2.45, 2.75) is 13.3 Å². The molecule has 0 saturated heterocycles. The topological polar surface area (TPSA) is 71.5 Å². The molecule has 1 N–H and O–H groups in total. The SMILES string of the molecule is CCOC(=O)C1=C(c2c(N=O)[nH]c3ccccc23)Cc2ccccc21. The number of carbonyl (C=O) groups is 1. The van der Waals surface area contributed by atoms with Gasteiger partial charge in [-0.05, 0) is 41.3 Å². The average Bonchev–Trinajstić information content (AvgIpc) is 3.19. The molecule has 124 valence electrons. The van der Waals surface area contributed by atoms with Crippen molar-refractivity contribution in [2.75, 3.05) is 6.61 Å². The van der Waals surface area contributed by atoms with E-state index in [9.17, 15) is 9.70 Å². The number of fused-ring (bicyclic) bond motifs is 2. The number of nitroso groups, excluding NO2 is 1. The summed E-state index contributed by atoms with van der Waals surface area (Å²) in [4.78, 5) is 27.1. The van der Waals surface area contributed by atoms with Gasteiger partial charge in [0.2, 0.25) is 0 Å². The molecule has 1 aliphatic carbocycles. The third-order valence-electron chi connectivity index (χ3n) is 4.51. The highest BCUT2D eigenvalue weighted by Crippen LogP contribution is 2.44. The van der Waals surface area contributed by atoms with Gasteiger partial charge in [-0.1, -0.05) is 42.5 Å². The molecule has 1 aromatic heterocycles. The maximum absolute atomic E-state index is 12.7. The molecule has 1 aliphatic rings. The quantitative estimate of drug-likeness (QED) is 0.561. The molecule has 25 heavy (non-hydrogen) atoms. The van der Waals surface area contributed by atoms with E-state index in [0.29, 0.717) is 24.2 Å². The number of hydrogen-bond acceptors (Lipinski definition) is 4. The highest BCUT2D eigenvalue weighted by Gasteiger charge is 2.31. The molecule has 0 fully saturated rings. The summed E-state index contributed by atoms with van der Waals surface area (Å²) in [6.45, 7) is 2.08. The number of aromatic nitrogens is 1. The molecule has 0 saturated carbocycles. The summed E-state index contributed by atoms with van der Waals surface area (Å²) in [5, 5.41) is 4.04. The average molecular weight is 332 g/mol. The van der Waals surface area contributed by atoms with Crippen molar-refractivity contribution in [3.63, 3.8) is 0 Å². The fraction of sp³-hybridized carbons (Fsp3) is 0.150. The molecule has 0 amide bonds. The Morgan fingerprint density at radius 2 is 1.92 bits per heavy atom. The number of para-hydroxylation sites is 1. The fourth-order valence-electron chi connectivity index (χ4n) is 3.51. The van der Waals surface area contributed by atoms with Crippen LogP contribution in [-0.2, 0) is 16.0 Å². The largest absolute Gasteiger partial charge is 0.462 e. The van der Waals surface area contributed by atoms with Crippen LogP contribution in [0.1, 0.15) is 23.6 Å². The molecule has 5 nitrogen and oxygen atoms in total.